The zero-order chi connectivity index (χ0) is 13.0. The maximum atomic E-state index is 6.04. The lowest BCUT2D eigenvalue weighted by atomic mass is 9.90. The van der Waals surface area contributed by atoms with E-state index in [1.165, 1.54) is 24.8 Å². The standard InChI is InChI=1S/C15H23ClN2/c1-2-15(11-6-8-12(16)9-7-11)18-14-5-3-4-13(17)10-14/h6-9,13-15,18H,2-5,10,17H2,1H3. The number of benzene rings is 1. The first-order valence-electron chi connectivity index (χ1n) is 6.96. The fourth-order valence-corrected chi connectivity index (χ4v) is 2.93. The van der Waals surface area contributed by atoms with Gasteiger partial charge in [-0.25, -0.2) is 0 Å². The van der Waals surface area contributed by atoms with E-state index < -0.39 is 0 Å². The van der Waals surface area contributed by atoms with Gasteiger partial charge in [0.05, 0.1) is 0 Å². The fraction of sp³-hybridized carbons (Fsp3) is 0.600. The summed E-state index contributed by atoms with van der Waals surface area (Å²) >= 11 is 5.93. The van der Waals surface area contributed by atoms with Crippen molar-refractivity contribution in [2.24, 2.45) is 5.73 Å². The van der Waals surface area contributed by atoms with Gasteiger partial charge in [0.1, 0.15) is 0 Å². The van der Waals surface area contributed by atoms with Crippen LogP contribution in [-0.4, -0.2) is 12.1 Å². The fourth-order valence-electron chi connectivity index (χ4n) is 2.81. The molecular formula is C15H23ClN2. The minimum Gasteiger partial charge on any atom is -0.328 e. The summed E-state index contributed by atoms with van der Waals surface area (Å²) in [6.45, 7) is 2.22. The zero-order valence-electron chi connectivity index (χ0n) is 11.0. The Balaban J connectivity index is 1.98. The van der Waals surface area contributed by atoms with E-state index in [-0.39, 0.29) is 0 Å². The molecule has 1 aliphatic rings. The summed E-state index contributed by atoms with van der Waals surface area (Å²) in [5.74, 6) is 0. The topological polar surface area (TPSA) is 38.0 Å². The largest absolute Gasteiger partial charge is 0.328 e. The van der Waals surface area contributed by atoms with Crippen molar-refractivity contribution >= 4 is 11.6 Å². The van der Waals surface area contributed by atoms with Gasteiger partial charge in [-0.15, -0.1) is 0 Å². The van der Waals surface area contributed by atoms with Crippen molar-refractivity contribution in [2.45, 2.75) is 57.2 Å². The quantitative estimate of drug-likeness (QED) is 0.873. The predicted molar refractivity (Wildman–Crippen MR) is 77.9 cm³/mol. The van der Waals surface area contributed by atoms with Crippen molar-refractivity contribution in [3.63, 3.8) is 0 Å². The van der Waals surface area contributed by atoms with Crippen LogP contribution in [0.2, 0.25) is 5.02 Å². The average Bonchev–Trinajstić information content (AvgIpc) is 2.37. The Morgan fingerprint density at radius 2 is 2.06 bits per heavy atom. The average molecular weight is 267 g/mol. The molecule has 18 heavy (non-hydrogen) atoms. The van der Waals surface area contributed by atoms with E-state index in [4.69, 9.17) is 17.3 Å². The molecule has 100 valence electrons. The zero-order valence-corrected chi connectivity index (χ0v) is 11.8. The van der Waals surface area contributed by atoms with Gasteiger partial charge in [-0.2, -0.15) is 0 Å². The molecule has 3 atom stereocenters. The third-order valence-corrected chi connectivity index (χ3v) is 4.08. The molecule has 0 radical (unpaired) electrons. The lowest BCUT2D eigenvalue weighted by molar-refractivity contribution is 0.309. The molecule has 0 spiro atoms. The lowest BCUT2D eigenvalue weighted by Crippen LogP contribution is -2.40. The van der Waals surface area contributed by atoms with Crippen molar-refractivity contribution < 1.29 is 0 Å². The van der Waals surface area contributed by atoms with Gasteiger partial charge in [0.2, 0.25) is 0 Å². The van der Waals surface area contributed by atoms with Crippen LogP contribution >= 0.6 is 11.6 Å². The lowest BCUT2D eigenvalue weighted by Gasteiger charge is -2.31. The van der Waals surface area contributed by atoms with Crippen LogP contribution in [0.25, 0.3) is 0 Å². The molecule has 2 nitrogen and oxygen atoms in total. The Morgan fingerprint density at radius 1 is 1.33 bits per heavy atom. The molecule has 1 saturated carbocycles. The molecule has 0 amide bonds. The van der Waals surface area contributed by atoms with Crippen molar-refractivity contribution in [2.75, 3.05) is 0 Å². The van der Waals surface area contributed by atoms with Crippen LogP contribution in [0.15, 0.2) is 24.3 Å². The van der Waals surface area contributed by atoms with E-state index in [1.54, 1.807) is 0 Å². The number of nitrogens with one attached hydrogen (secondary N) is 1. The number of rotatable bonds is 4. The van der Waals surface area contributed by atoms with Crippen LogP contribution in [0.1, 0.15) is 50.6 Å². The molecule has 2 rings (SSSR count). The monoisotopic (exact) mass is 266 g/mol. The Kier molecular flexibility index (Phi) is 5.04. The van der Waals surface area contributed by atoms with E-state index in [9.17, 15) is 0 Å². The van der Waals surface area contributed by atoms with Crippen LogP contribution in [0.4, 0.5) is 0 Å². The van der Waals surface area contributed by atoms with Crippen LogP contribution in [-0.2, 0) is 0 Å². The van der Waals surface area contributed by atoms with E-state index in [0.717, 1.165) is 17.9 Å². The predicted octanol–water partition coefficient (Wildman–Crippen LogP) is 3.65. The van der Waals surface area contributed by atoms with E-state index in [0.29, 0.717) is 18.1 Å². The Hall–Kier alpha value is -0.570. The molecule has 0 saturated heterocycles. The molecule has 0 bridgehead atoms. The molecule has 0 aromatic heterocycles. The number of nitrogens with two attached hydrogens (primary N) is 1. The van der Waals surface area contributed by atoms with Gasteiger partial charge in [0, 0.05) is 23.1 Å². The summed E-state index contributed by atoms with van der Waals surface area (Å²) in [4.78, 5) is 0. The number of hydrogen-bond donors (Lipinski definition) is 2. The summed E-state index contributed by atoms with van der Waals surface area (Å²) in [5, 5.41) is 4.55. The van der Waals surface area contributed by atoms with Gasteiger partial charge >= 0.3 is 0 Å². The number of hydrogen-bond acceptors (Lipinski definition) is 2. The minimum atomic E-state index is 0.374. The molecule has 1 aliphatic carbocycles. The van der Waals surface area contributed by atoms with Crippen molar-refractivity contribution in [3.8, 4) is 0 Å². The SMILES string of the molecule is CCC(NC1CCCC(N)C1)c1ccc(Cl)cc1. The van der Waals surface area contributed by atoms with Crippen LogP contribution in [0.5, 0.6) is 0 Å². The second-order valence-corrected chi connectivity index (χ2v) is 5.74. The van der Waals surface area contributed by atoms with Gasteiger partial charge < -0.3 is 11.1 Å². The molecule has 3 heteroatoms. The third-order valence-electron chi connectivity index (χ3n) is 3.83. The Bertz CT molecular complexity index is 363. The van der Waals surface area contributed by atoms with Crippen LogP contribution in [0.3, 0.4) is 0 Å². The van der Waals surface area contributed by atoms with Gasteiger partial charge in [0.25, 0.3) is 0 Å². The first-order chi connectivity index (χ1) is 8.69. The smallest absolute Gasteiger partial charge is 0.0406 e. The Morgan fingerprint density at radius 3 is 2.67 bits per heavy atom. The van der Waals surface area contributed by atoms with Crippen LogP contribution in [0, 0.1) is 0 Å². The van der Waals surface area contributed by atoms with Crippen molar-refractivity contribution in [1.29, 1.82) is 0 Å². The summed E-state index contributed by atoms with van der Waals surface area (Å²) in [6, 6.07) is 9.52. The molecule has 1 fully saturated rings. The highest BCUT2D eigenvalue weighted by Crippen LogP contribution is 2.24. The first-order valence-corrected chi connectivity index (χ1v) is 7.34. The number of halogens is 1. The minimum absolute atomic E-state index is 0.374. The highest BCUT2D eigenvalue weighted by atomic mass is 35.5. The highest BCUT2D eigenvalue weighted by Gasteiger charge is 2.21. The highest BCUT2D eigenvalue weighted by molar-refractivity contribution is 6.30. The maximum absolute atomic E-state index is 6.04. The summed E-state index contributed by atoms with van der Waals surface area (Å²) in [5.41, 5.74) is 7.36. The second-order valence-electron chi connectivity index (χ2n) is 5.30. The van der Waals surface area contributed by atoms with Gasteiger partial charge in [-0.1, -0.05) is 37.1 Å². The molecule has 3 unspecified atom stereocenters. The van der Waals surface area contributed by atoms with E-state index in [2.05, 4.69) is 24.4 Å². The third kappa shape index (κ3) is 3.71. The van der Waals surface area contributed by atoms with Crippen LogP contribution < -0.4 is 11.1 Å². The van der Waals surface area contributed by atoms with E-state index >= 15 is 0 Å². The molecule has 0 aliphatic heterocycles. The molecule has 0 heterocycles. The maximum Gasteiger partial charge on any atom is 0.0406 e. The van der Waals surface area contributed by atoms with E-state index in [1.807, 2.05) is 12.1 Å². The summed E-state index contributed by atoms with van der Waals surface area (Å²) in [7, 11) is 0. The van der Waals surface area contributed by atoms with Crippen molar-refractivity contribution in [1.82, 2.24) is 5.32 Å². The normalized spacial score (nSPS) is 25.9. The molecule has 3 N–H and O–H groups in total. The Labute approximate surface area is 115 Å². The first kappa shape index (κ1) is 13.9. The summed E-state index contributed by atoms with van der Waals surface area (Å²) in [6.07, 6.45) is 5.86. The molecular weight excluding hydrogens is 244 g/mol. The second kappa shape index (κ2) is 6.55. The van der Waals surface area contributed by atoms with Gasteiger partial charge in [-0.3, -0.25) is 0 Å². The molecule has 1 aromatic rings. The van der Waals surface area contributed by atoms with Crippen molar-refractivity contribution in [3.05, 3.63) is 34.9 Å². The van der Waals surface area contributed by atoms with Gasteiger partial charge in [0.15, 0.2) is 0 Å². The van der Waals surface area contributed by atoms with Gasteiger partial charge in [-0.05, 0) is 43.4 Å². The summed E-state index contributed by atoms with van der Waals surface area (Å²) < 4.78 is 0. The molecule has 1 aromatic carbocycles.